The van der Waals surface area contributed by atoms with Gasteiger partial charge in [-0.1, -0.05) is 52.3 Å². The largest absolute Gasteiger partial charge is 0.380 e. The number of carbonyl (C=O) groups is 1. The lowest BCUT2D eigenvalue weighted by Crippen LogP contribution is -2.47. The molecule has 0 bridgehead atoms. The Labute approximate surface area is 162 Å². The van der Waals surface area contributed by atoms with Gasteiger partial charge in [0.15, 0.2) is 0 Å². The van der Waals surface area contributed by atoms with Crippen molar-refractivity contribution in [3.05, 3.63) is 69.7 Å². The van der Waals surface area contributed by atoms with Crippen molar-refractivity contribution in [1.29, 1.82) is 0 Å². The summed E-state index contributed by atoms with van der Waals surface area (Å²) >= 11 is 3.48. The van der Waals surface area contributed by atoms with Gasteiger partial charge in [0, 0.05) is 24.7 Å². The molecule has 1 aliphatic heterocycles. The topological polar surface area (TPSA) is 50.8 Å². The number of ether oxygens (including phenoxy) is 2. The summed E-state index contributed by atoms with van der Waals surface area (Å²) in [6, 6.07) is 15.9. The number of nitrogens with one attached hydrogen (secondary N) is 1. The van der Waals surface area contributed by atoms with Crippen molar-refractivity contribution in [2.75, 3.05) is 26.8 Å². The molecule has 1 saturated heterocycles. The molecule has 1 fully saturated rings. The van der Waals surface area contributed by atoms with Crippen LogP contribution in [0, 0.1) is 0 Å². The van der Waals surface area contributed by atoms with Crippen LogP contribution in [-0.2, 0) is 22.6 Å². The van der Waals surface area contributed by atoms with Crippen LogP contribution in [0.3, 0.4) is 0 Å². The summed E-state index contributed by atoms with van der Waals surface area (Å²) in [5, 5.41) is 3.02. The van der Waals surface area contributed by atoms with E-state index in [4.69, 9.17) is 9.47 Å². The Kier molecular flexibility index (Phi) is 6.66. The molecule has 0 aliphatic carbocycles. The van der Waals surface area contributed by atoms with Gasteiger partial charge in [-0.3, -0.25) is 0 Å². The quantitative estimate of drug-likeness (QED) is 0.801. The van der Waals surface area contributed by atoms with E-state index in [0.717, 1.165) is 21.2 Å². The first-order valence-electron chi connectivity index (χ1n) is 8.63. The predicted octanol–water partition coefficient (Wildman–Crippen LogP) is 3.88. The van der Waals surface area contributed by atoms with Gasteiger partial charge in [0.1, 0.15) is 6.10 Å². The third-order valence-corrected chi connectivity index (χ3v) is 4.92. The minimum atomic E-state index is -0.104. The van der Waals surface area contributed by atoms with E-state index in [9.17, 15) is 4.79 Å². The van der Waals surface area contributed by atoms with Gasteiger partial charge in [0.2, 0.25) is 0 Å². The first kappa shape index (κ1) is 18.9. The molecule has 1 heterocycles. The van der Waals surface area contributed by atoms with Gasteiger partial charge in [0.25, 0.3) is 0 Å². The number of hydrogen-bond donors (Lipinski definition) is 1. The van der Waals surface area contributed by atoms with Gasteiger partial charge in [0.05, 0.1) is 19.8 Å². The van der Waals surface area contributed by atoms with Crippen LogP contribution >= 0.6 is 15.9 Å². The lowest BCUT2D eigenvalue weighted by atomic mass is 10.1. The third kappa shape index (κ3) is 4.84. The first-order chi connectivity index (χ1) is 12.7. The molecule has 0 aromatic heterocycles. The molecule has 0 radical (unpaired) electrons. The average molecular weight is 419 g/mol. The maximum atomic E-state index is 12.6. The summed E-state index contributed by atoms with van der Waals surface area (Å²) in [6.07, 6.45) is -0.104. The smallest absolute Gasteiger partial charge is 0.317 e. The van der Waals surface area contributed by atoms with Gasteiger partial charge >= 0.3 is 6.03 Å². The molecule has 2 aromatic carbocycles. The standard InChI is InChI=1S/C20H23BrN2O3/c1-25-14-17-6-3-2-5-16(17)12-22-20(24)23-9-10-26-19(13-23)15-7-4-8-18(21)11-15/h2-8,11,19H,9-10,12-14H2,1H3,(H,22,24). The van der Waals surface area contributed by atoms with Crippen molar-refractivity contribution in [3.63, 3.8) is 0 Å². The summed E-state index contributed by atoms with van der Waals surface area (Å²) in [7, 11) is 1.67. The summed E-state index contributed by atoms with van der Waals surface area (Å²) in [4.78, 5) is 14.4. The Bertz CT molecular complexity index is 753. The molecule has 1 aliphatic rings. The zero-order chi connectivity index (χ0) is 18.4. The molecule has 1 atom stereocenters. The Morgan fingerprint density at radius 3 is 2.85 bits per heavy atom. The monoisotopic (exact) mass is 418 g/mol. The van der Waals surface area contributed by atoms with Crippen LogP contribution in [0.4, 0.5) is 4.79 Å². The molecule has 5 nitrogen and oxygen atoms in total. The average Bonchev–Trinajstić information content (AvgIpc) is 2.67. The van der Waals surface area contributed by atoms with Crippen molar-refractivity contribution < 1.29 is 14.3 Å². The lowest BCUT2D eigenvalue weighted by molar-refractivity contribution is -0.0155. The second-order valence-electron chi connectivity index (χ2n) is 6.22. The van der Waals surface area contributed by atoms with Gasteiger partial charge < -0.3 is 19.7 Å². The van der Waals surface area contributed by atoms with Crippen LogP contribution in [0.25, 0.3) is 0 Å². The fourth-order valence-corrected chi connectivity index (χ4v) is 3.47. The van der Waals surface area contributed by atoms with E-state index in [1.54, 1.807) is 7.11 Å². The Balaban J connectivity index is 1.59. The van der Waals surface area contributed by atoms with E-state index in [1.807, 2.05) is 53.4 Å². The van der Waals surface area contributed by atoms with Crippen LogP contribution < -0.4 is 5.32 Å². The lowest BCUT2D eigenvalue weighted by Gasteiger charge is -2.33. The zero-order valence-electron chi connectivity index (χ0n) is 14.8. The number of carbonyl (C=O) groups excluding carboxylic acids is 1. The van der Waals surface area contributed by atoms with Crippen molar-refractivity contribution in [2.24, 2.45) is 0 Å². The molecular formula is C20H23BrN2O3. The number of methoxy groups -OCH3 is 1. The Morgan fingerprint density at radius 1 is 1.27 bits per heavy atom. The van der Waals surface area contributed by atoms with Crippen LogP contribution in [0.1, 0.15) is 22.8 Å². The number of rotatable bonds is 5. The van der Waals surface area contributed by atoms with Crippen LogP contribution in [0.15, 0.2) is 53.0 Å². The highest BCUT2D eigenvalue weighted by Gasteiger charge is 2.25. The molecule has 1 N–H and O–H groups in total. The Hall–Kier alpha value is -1.89. The maximum absolute atomic E-state index is 12.6. The van der Waals surface area contributed by atoms with E-state index in [1.165, 1.54) is 0 Å². The number of urea groups is 1. The number of hydrogen-bond acceptors (Lipinski definition) is 3. The molecule has 2 aromatic rings. The molecule has 6 heteroatoms. The third-order valence-electron chi connectivity index (χ3n) is 4.42. The molecule has 0 saturated carbocycles. The highest BCUT2D eigenvalue weighted by molar-refractivity contribution is 9.10. The summed E-state index contributed by atoms with van der Waals surface area (Å²) < 4.78 is 12.1. The first-order valence-corrected chi connectivity index (χ1v) is 9.42. The molecule has 3 rings (SSSR count). The molecule has 0 spiro atoms. The summed E-state index contributed by atoms with van der Waals surface area (Å²) in [6.45, 7) is 2.69. The molecular weight excluding hydrogens is 396 g/mol. The van der Waals surface area contributed by atoms with Crippen molar-refractivity contribution in [1.82, 2.24) is 10.2 Å². The minimum absolute atomic E-state index is 0.0690. The molecule has 26 heavy (non-hydrogen) atoms. The van der Waals surface area contributed by atoms with Crippen molar-refractivity contribution in [2.45, 2.75) is 19.3 Å². The second-order valence-corrected chi connectivity index (χ2v) is 7.14. The predicted molar refractivity (Wildman–Crippen MR) is 104 cm³/mol. The van der Waals surface area contributed by atoms with E-state index in [0.29, 0.717) is 32.8 Å². The summed E-state index contributed by atoms with van der Waals surface area (Å²) in [5.74, 6) is 0. The minimum Gasteiger partial charge on any atom is -0.380 e. The number of morpholine rings is 1. The van der Waals surface area contributed by atoms with Crippen LogP contribution in [0.2, 0.25) is 0 Å². The van der Waals surface area contributed by atoms with Crippen molar-refractivity contribution in [3.8, 4) is 0 Å². The highest BCUT2D eigenvalue weighted by atomic mass is 79.9. The van der Waals surface area contributed by atoms with Gasteiger partial charge in [-0.05, 0) is 28.8 Å². The highest BCUT2D eigenvalue weighted by Crippen LogP contribution is 2.24. The van der Waals surface area contributed by atoms with E-state index in [-0.39, 0.29) is 12.1 Å². The molecule has 138 valence electrons. The van der Waals surface area contributed by atoms with E-state index < -0.39 is 0 Å². The molecule has 1 unspecified atom stereocenters. The van der Waals surface area contributed by atoms with Crippen LogP contribution in [-0.4, -0.2) is 37.7 Å². The zero-order valence-corrected chi connectivity index (χ0v) is 16.4. The molecule has 2 amide bonds. The Morgan fingerprint density at radius 2 is 2.08 bits per heavy atom. The number of amides is 2. The van der Waals surface area contributed by atoms with Gasteiger partial charge in [-0.2, -0.15) is 0 Å². The van der Waals surface area contributed by atoms with E-state index in [2.05, 4.69) is 21.2 Å². The number of nitrogens with zero attached hydrogens (tertiary/aromatic N) is 1. The SMILES string of the molecule is COCc1ccccc1CNC(=O)N1CCOC(c2cccc(Br)c2)C1. The number of halogens is 1. The van der Waals surface area contributed by atoms with E-state index >= 15 is 0 Å². The maximum Gasteiger partial charge on any atom is 0.317 e. The summed E-state index contributed by atoms with van der Waals surface area (Å²) in [5.41, 5.74) is 3.23. The van der Waals surface area contributed by atoms with Gasteiger partial charge in [-0.25, -0.2) is 4.79 Å². The van der Waals surface area contributed by atoms with Crippen molar-refractivity contribution >= 4 is 22.0 Å². The van der Waals surface area contributed by atoms with Crippen LogP contribution in [0.5, 0.6) is 0 Å². The fourth-order valence-electron chi connectivity index (χ4n) is 3.05. The second kappa shape index (κ2) is 9.16. The van der Waals surface area contributed by atoms with Gasteiger partial charge in [-0.15, -0.1) is 0 Å². The normalized spacial score (nSPS) is 17.2. The fraction of sp³-hybridized carbons (Fsp3) is 0.350. The number of benzene rings is 2.